The second kappa shape index (κ2) is 2.04. The molecule has 1 heterocycles. The van der Waals surface area contributed by atoms with Gasteiger partial charge in [0.15, 0.2) is 0 Å². The number of hydrazone groups is 1. The number of hydrogen-bond donors (Lipinski definition) is 1. The van der Waals surface area contributed by atoms with Crippen molar-refractivity contribution in [3.8, 4) is 0 Å². The number of amides is 1. The first-order valence-corrected chi connectivity index (χ1v) is 2.42. The lowest BCUT2D eigenvalue weighted by Gasteiger charge is -1.99. The molecule has 0 saturated carbocycles. The number of halogens is 3. The summed E-state index contributed by atoms with van der Waals surface area (Å²) in [4.78, 5) is 20.4. The molecule has 1 N–H and O–H groups in total. The first-order chi connectivity index (χ1) is 4.93. The molecule has 1 amide bonds. The molecule has 0 aliphatic carbocycles. The van der Waals surface area contributed by atoms with Crippen LogP contribution in [0.2, 0.25) is 0 Å². The second-order valence-corrected chi connectivity index (χ2v) is 1.73. The first-order valence-electron chi connectivity index (χ1n) is 2.42. The predicted octanol–water partition coefficient (Wildman–Crippen LogP) is -0.396. The number of nitrogens with zero attached hydrogens (tertiary/aromatic N) is 1. The van der Waals surface area contributed by atoms with E-state index < -0.39 is 23.6 Å². The summed E-state index contributed by atoms with van der Waals surface area (Å²) in [6, 6.07) is 0. The van der Waals surface area contributed by atoms with Crippen LogP contribution in [0.4, 0.5) is 13.2 Å². The Morgan fingerprint density at radius 3 is 2.00 bits per heavy atom. The second-order valence-electron chi connectivity index (χ2n) is 1.73. The Morgan fingerprint density at radius 2 is 1.82 bits per heavy atom. The van der Waals surface area contributed by atoms with E-state index in [4.69, 9.17) is 0 Å². The number of rotatable bonds is 0. The molecule has 4 nitrogen and oxygen atoms in total. The number of alkyl halides is 3. The summed E-state index contributed by atoms with van der Waals surface area (Å²) in [7, 11) is 0. The highest BCUT2D eigenvalue weighted by molar-refractivity contribution is 6.67. The SMILES string of the molecule is O=C1NN=C(C(F)(F)F)C1=O. The van der Waals surface area contributed by atoms with Crippen LogP contribution in [0, 0.1) is 0 Å². The van der Waals surface area contributed by atoms with Gasteiger partial charge in [-0.3, -0.25) is 9.59 Å². The third-order valence-electron chi connectivity index (χ3n) is 0.959. The molecule has 0 fully saturated rings. The van der Waals surface area contributed by atoms with Crippen molar-refractivity contribution in [3.05, 3.63) is 0 Å². The van der Waals surface area contributed by atoms with Crippen molar-refractivity contribution in [1.29, 1.82) is 0 Å². The van der Waals surface area contributed by atoms with Crippen molar-refractivity contribution in [3.63, 3.8) is 0 Å². The van der Waals surface area contributed by atoms with Crippen LogP contribution < -0.4 is 5.43 Å². The smallest absolute Gasteiger partial charge is 0.281 e. The third kappa shape index (κ3) is 1.21. The molecule has 0 saturated heterocycles. The van der Waals surface area contributed by atoms with Gasteiger partial charge in [-0.15, -0.1) is 0 Å². The van der Waals surface area contributed by atoms with Gasteiger partial charge in [-0.25, -0.2) is 5.43 Å². The summed E-state index contributed by atoms with van der Waals surface area (Å²) in [5, 5.41) is 2.51. The Balaban J connectivity index is 2.93. The normalized spacial score (nSPS) is 18.3. The first kappa shape index (κ1) is 7.70. The van der Waals surface area contributed by atoms with Gasteiger partial charge < -0.3 is 0 Å². The van der Waals surface area contributed by atoms with Crippen LogP contribution >= 0.6 is 0 Å². The molecule has 1 rings (SSSR count). The van der Waals surface area contributed by atoms with Crippen molar-refractivity contribution in [2.45, 2.75) is 6.18 Å². The minimum atomic E-state index is -4.85. The molecular formula is C4HF3N2O2. The van der Waals surface area contributed by atoms with E-state index >= 15 is 0 Å². The van der Waals surface area contributed by atoms with Crippen LogP contribution in [-0.4, -0.2) is 23.6 Å². The molecule has 1 aliphatic rings. The Kier molecular flexibility index (Phi) is 1.43. The van der Waals surface area contributed by atoms with Crippen molar-refractivity contribution in [2.75, 3.05) is 0 Å². The molecule has 60 valence electrons. The van der Waals surface area contributed by atoms with Gasteiger partial charge in [0.2, 0.25) is 5.71 Å². The Hall–Kier alpha value is -1.40. The average Bonchev–Trinajstić information content (AvgIpc) is 2.11. The van der Waals surface area contributed by atoms with Crippen LogP contribution in [0.3, 0.4) is 0 Å². The molecule has 0 radical (unpaired) electrons. The maximum absolute atomic E-state index is 11.6. The van der Waals surface area contributed by atoms with Gasteiger partial charge in [0.25, 0.3) is 5.78 Å². The Bertz CT molecular complexity index is 255. The summed E-state index contributed by atoms with van der Waals surface area (Å²) in [6.45, 7) is 0. The lowest BCUT2D eigenvalue weighted by atomic mass is 10.2. The fourth-order valence-electron chi connectivity index (χ4n) is 0.508. The third-order valence-corrected chi connectivity index (χ3v) is 0.959. The van der Waals surface area contributed by atoms with Gasteiger partial charge in [-0.05, 0) is 0 Å². The van der Waals surface area contributed by atoms with Crippen LogP contribution in [0.25, 0.3) is 0 Å². The van der Waals surface area contributed by atoms with Gasteiger partial charge in [0.05, 0.1) is 0 Å². The van der Waals surface area contributed by atoms with Crippen molar-refractivity contribution in [2.24, 2.45) is 5.10 Å². The average molecular weight is 166 g/mol. The topological polar surface area (TPSA) is 58.5 Å². The van der Waals surface area contributed by atoms with E-state index in [1.165, 1.54) is 5.43 Å². The summed E-state index contributed by atoms with van der Waals surface area (Å²) in [6.07, 6.45) is -4.85. The van der Waals surface area contributed by atoms with E-state index in [0.29, 0.717) is 0 Å². The van der Waals surface area contributed by atoms with Crippen LogP contribution in [0.1, 0.15) is 0 Å². The molecule has 11 heavy (non-hydrogen) atoms. The largest absolute Gasteiger partial charge is 0.439 e. The Labute approximate surface area is 58.1 Å². The van der Waals surface area contributed by atoms with E-state index in [1.54, 1.807) is 0 Å². The number of Topliss-reactive ketones (excluding diaryl/α,β-unsaturated/α-hetero) is 1. The zero-order valence-corrected chi connectivity index (χ0v) is 4.90. The summed E-state index contributed by atoms with van der Waals surface area (Å²) >= 11 is 0. The molecule has 1 aliphatic heterocycles. The standard InChI is InChI=1S/C4HF3N2O2/c5-4(6,7)2-1(10)3(11)9-8-2/h(H,9,10,11). The minimum Gasteiger partial charge on any atom is -0.281 e. The van der Waals surface area contributed by atoms with E-state index in [9.17, 15) is 22.8 Å². The molecule has 0 atom stereocenters. The van der Waals surface area contributed by atoms with E-state index in [2.05, 4.69) is 5.10 Å². The number of nitrogens with one attached hydrogen (secondary N) is 1. The van der Waals surface area contributed by atoms with E-state index in [1.807, 2.05) is 0 Å². The predicted molar refractivity (Wildman–Crippen MR) is 26.6 cm³/mol. The molecular weight excluding hydrogens is 165 g/mol. The maximum Gasteiger partial charge on any atom is 0.439 e. The lowest BCUT2D eigenvalue weighted by molar-refractivity contribution is -0.134. The Morgan fingerprint density at radius 1 is 1.27 bits per heavy atom. The molecule has 0 bridgehead atoms. The summed E-state index contributed by atoms with van der Waals surface area (Å²) in [5.74, 6) is -2.99. The molecule has 0 aromatic rings. The van der Waals surface area contributed by atoms with E-state index in [-0.39, 0.29) is 0 Å². The number of ketones is 1. The highest BCUT2D eigenvalue weighted by Gasteiger charge is 2.46. The number of carbonyl (C=O) groups is 2. The highest BCUT2D eigenvalue weighted by atomic mass is 19.4. The zero-order valence-electron chi connectivity index (χ0n) is 4.90. The molecule has 0 aromatic carbocycles. The fourth-order valence-corrected chi connectivity index (χ4v) is 0.508. The van der Waals surface area contributed by atoms with Crippen LogP contribution in [-0.2, 0) is 9.59 Å². The van der Waals surface area contributed by atoms with Crippen molar-refractivity contribution in [1.82, 2.24) is 5.43 Å². The maximum atomic E-state index is 11.6. The highest BCUT2D eigenvalue weighted by Crippen LogP contribution is 2.19. The van der Waals surface area contributed by atoms with Gasteiger partial charge in [-0.1, -0.05) is 0 Å². The lowest BCUT2D eigenvalue weighted by Crippen LogP contribution is -2.32. The van der Waals surface area contributed by atoms with E-state index in [0.717, 1.165) is 0 Å². The molecule has 0 spiro atoms. The zero-order chi connectivity index (χ0) is 8.65. The molecule has 7 heteroatoms. The van der Waals surface area contributed by atoms with Gasteiger partial charge >= 0.3 is 12.1 Å². The summed E-state index contributed by atoms with van der Waals surface area (Å²) < 4.78 is 34.9. The number of carbonyl (C=O) groups excluding carboxylic acids is 2. The van der Waals surface area contributed by atoms with Crippen LogP contribution in [0.15, 0.2) is 5.10 Å². The molecule has 0 aromatic heterocycles. The van der Waals surface area contributed by atoms with Crippen LogP contribution in [0.5, 0.6) is 0 Å². The van der Waals surface area contributed by atoms with Gasteiger partial charge in [0, 0.05) is 0 Å². The van der Waals surface area contributed by atoms with Crippen molar-refractivity contribution >= 4 is 17.4 Å². The number of hydrogen-bond acceptors (Lipinski definition) is 3. The van der Waals surface area contributed by atoms with Gasteiger partial charge in [-0.2, -0.15) is 18.3 Å². The quantitative estimate of drug-likeness (QED) is 0.498. The van der Waals surface area contributed by atoms with Crippen molar-refractivity contribution < 1.29 is 22.8 Å². The molecule has 0 unspecified atom stereocenters. The fraction of sp³-hybridized carbons (Fsp3) is 0.250. The minimum absolute atomic E-state index is 1.35. The monoisotopic (exact) mass is 166 g/mol. The summed E-state index contributed by atoms with van der Waals surface area (Å²) in [5.41, 5.74) is -0.287. The van der Waals surface area contributed by atoms with Gasteiger partial charge in [0.1, 0.15) is 0 Å².